The van der Waals surface area contributed by atoms with Crippen molar-refractivity contribution in [1.29, 1.82) is 0 Å². The zero-order chi connectivity index (χ0) is 25.4. The van der Waals surface area contributed by atoms with Crippen LogP contribution in [0.5, 0.6) is 0 Å². The van der Waals surface area contributed by atoms with Gasteiger partial charge in [0.25, 0.3) is 5.56 Å². The van der Waals surface area contributed by atoms with Crippen molar-refractivity contribution in [3.8, 4) is 17.1 Å². The number of hydrogen-bond acceptors (Lipinski definition) is 6. The fourth-order valence-corrected chi connectivity index (χ4v) is 6.72. The van der Waals surface area contributed by atoms with E-state index in [1.165, 1.54) is 40.6 Å². The van der Waals surface area contributed by atoms with Crippen molar-refractivity contribution in [1.82, 2.24) is 24.1 Å². The van der Waals surface area contributed by atoms with Crippen LogP contribution in [0.3, 0.4) is 0 Å². The van der Waals surface area contributed by atoms with Gasteiger partial charge in [-0.05, 0) is 64.2 Å². The van der Waals surface area contributed by atoms with E-state index >= 15 is 0 Å². The highest BCUT2D eigenvalue weighted by molar-refractivity contribution is 7.99. The largest absolute Gasteiger partial charge is 0.319 e. The molecule has 0 aliphatic heterocycles. The normalized spacial score (nSPS) is 13.2. The summed E-state index contributed by atoms with van der Waals surface area (Å²) in [6, 6.07) is 9.54. The number of para-hydroxylation sites is 1. The van der Waals surface area contributed by atoms with Crippen LogP contribution in [0.25, 0.3) is 17.1 Å². The molecule has 188 valence electrons. The second-order valence-electron chi connectivity index (χ2n) is 9.30. The molecule has 4 aromatic rings. The number of amides is 1. The van der Waals surface area contributed by atoms with E-state index in [-0.39, 0.29) is 23.3 Å². The number of benzene rings is 1. The average Bonchev–Trinajstić information content (AvgIpc) is 3.55. The van der Waals surface area contributed by atoms with Gasteiger partial charge in [-0.2, -0.15) is 0 Å². The average molecular weight is 523 g/mol. The summed E-state index contributed by atoms with van der Waals surface area (Å²) < 4.78 is 5.43. The zero-order valence-electron chi connectivity index (χ0n) is 20.9. The first kappa shape index (κ1) is 24.6. The van der Waals surface area contributed by atoms with Crippen LogP contribution < -0.4 is 10.9 Å². The van der Waals surface area contributed by atoms with Crippen LogP contribution in [0.2, 0.25) is 0 Å². The van der Waals surface area contributed by atoms with E-state index in [1.807, 2.05) is 55.6 Å². The van der Waals surface area contributed by atoms with Crippen molar-refractivity contribution in [2.75, 3.05) is 11.1 Å². The van der Waals surface area contributed by atoms with Crippen molar-refractivity contribution in [3.63, 3.8) is 0 Å². The first-order valence-electron chi connectivity index (χ1n) is 12.2. The highest BCUT2D eigenvalue weighted by Gasteiger charge is 2.24. The summed E-state index contributed by atoms with van der Waals surface area (Å²) in [7, 11) is 1.81. The summed E-state index contributed by atoms with van der Waals surface area (Å²) in [5.74, 6) is 0.752. The van der Waals surface area contributed by atoms with Crippen molar-refractivity contribution >= 4 is 34.7 Å². The lowest BCUT2D eigenvalue weighted by Gasteiger charge is -2.16. The number of nitrogens with zero attached hydrogens (tertiary/aromatic N) is 5. The van der Waals surface area contributed by atoms with Gasteiger partial charge in [-0.25, -0.2) is 4.68 Å². The number of rotatable bonds is 7. The van der Waals surface area contributed by atoms with Crippen LogP contribution in [-0.2, 0) is 24.7 Å². The minimum atomic E-state index is -0.255. The molecule has 0 spiro atoms. The molecule has 8 nitrogen and oxygen atoms in total. The van der Waals surface area contributed by atoms with E-state index in [4.69, 9.17) is 0 Å². The third kappa shape index (κ3) is 4.43. The van der Waals surface area contributed by atoms with E-state index in [9.17, 15) is 9.59 Å². The molecule has 0 bridgehead atoms. The highest BCUT2D eigenvalue weighted by atomic mass is 32.2. The molecular weight excluding hydrogens is 492 g/mol. The Labute approximate surface area is 218 Å². The molecule has 1 aliphatic rings. The molecule has 5 rings (SSSR count). The molecule has 1 aromatic carbocycles. The van der Waals surface area contributed by atoms with Gasteiger partial charge in [-0.1, -0.05) is 30.0 Å². The van der Waals surface area contributed by atoms with Gasteiger partial charge < -0.3 is 5.32 Å². The predicted octanol–water partition coefficient (Wildman–Crippen LogP) is 4.99. The number of aromatic nitrogens is 5. The van der Waals surface area contributed by atoms with Crippen LogP contribution in [0.15, 0.2) is 45.7 Å². The van der Waals surface area contributed by atoms with Crippen molar-refractivity contribution in [2.24, 2.45) is 7.05 Å². The Morgan fingerprint density at radius 2 is 1.92 bits per heavy atom. The summed E-state index contributed by atoms with van der Waals surface area (Å²) in [5, 5.41) is 14.7. The highest BCUT2D eigenvalue weighted by Crippen LogP contribution is 2.37. The topological polar surface area (TPSA) is 86.7 Å². The number of thioether (sulfide) groups is 1. The van der Waals surface area contributed by atoms with Crippen LogP contribution in [-0.4, -0.2) is 35.8 Å². The van der Waals surface area contributed by atoms with Gasteiger partial charge in [0.1, 0.15) is 5.69 Å². The Morgan fingerprint density at radius 1 is 1.17 bits per heavy atom. The Bertz CT molecular complexity index is 1460. The molecule has 0 fully saturated rings. The van der Waals surface area contributed by atoms with Gasteiger partial charge in [0.2, 0.25) is 5.91 Å². The molecule has 1 amide bonds. The maximum Gasteiger partial charge on any atom is 0.295 e. The molecule has 0 atom stereocenters. The second-order valence-corrected chi connectivity index (χ2v) is 11.2. The molecule has 10 heteroatoms. The van der Waals surface area contributed by atoms with E-state index in [0.717, 1.165) is 24.4 Å². The van der Waals surface area contributed by atoms with E-state index < -0.39 is 0 Å². The molecule has 0 unspecified atom stereocenters. The number of nitrogens with one attached hydrogen (secondary N) is 1. The summed E-state index contributed by atoms with van der Waals surface area (Å²) >= 11 is 3.16. The second kappa shape index (κ2) is 10.1. The lowest BCUT2D eigenvalue weighted by Crippen LogP contribution is -2.23. The molecule has 0 radical (unpaired) electrons. The smallest absolute Gasteiger partial charge is 0.295 e. The van der Waals surface area contributed by atoms with Crippen molar-refractivity contribution in [2.45, 2.75) is 57.7 Å². The van der Waals surface area contributed by atoms with Crippen LogP contribution in [0, 0.1) is 6.92 Å². The van der Waals surface area contributed by atoms with Gasteiger partial charge >= 0.3 is 0 Å². The molecule has 3 heterocycles. The summed E-state index contributed by atoms with van der Waals surface area (Å²) in [4.78, 5) is 27.5. The fourth-order valence-electron chi connectivity index (χ4n) is 4.72. The molecule has 36 heavy (non-hydrogen) atoms. The maximum atomic E-state index is 13.1. The Balaban J connectivity index is 1.35. The number of thiophene rings is 1. The molecular formula is C26H30N6O2S2. The third-order valence-corrected chi connectivity index (χ3v) is 8.67. The van der Waals surface area contributed by atoms with Crippen LogP contribution in [0.1, 0.15) is 48.9 Å². The van der Waals surface area contributed by atoms with Crippen molar-refractivity contribution < 1.29 is 4.79 Å². The number of aryl methyl sites for hydroxylation is 1. The number of anilines is 1. The van der Waals surface area contributed by atoms with Crippen molar-refractivity contribution in [3.05, 3.63) is 62.2 Å². The number of fused-ring (bicyclic) bond motifs is 1. The first-order valence-corrected chi connectivity index (χ1v) is 14.0. The molecule has 1 N–H and O–H groups in total. The summed E-state index contributed by atoms with van der Waals surface area (Å²) in [5.41, 5.74) is 4.06. The zero-order valence-corrected chi connectivity index (χ0v) is 22.6. The monoisotopic (exact) mass is 522 g/mol. The lowest BCUT2D eigenvalue weighted by molar-refractivity contribution is -0.113. The minimum absolute atomic E-state index is 0.131. The van der Waals surface area contributed by atoms with Gasteiger partial charge in [0.15, 0.2) is 11.0 Å². The van der Waals surface area contributed by atoms with Crippen LogP contribution in [0.4, 0.5) is 5.69 Å². The summed E-state index contributed by atoms with van der Waals surface area (Å²) in [6.07, 6.45) is 4.68. The molecule has 0 saturated heterocycles. The fraction of sp³-hybridized carbons (Fsp3) is 0.385. The number of carbonyl (C=O) groups is 1. The number of carbonyl (C=O) groups excluding carboxylic acids is 1. The van der Waals surface area contributed by atoms with Gasteiger partial charge in [0, 0.05) is 28.9 Å². The van der Waals surface area contributed by atoms with Gasteiger partial charge in [-0.3, -0.25) is 18.8 Å². The number of hydrogen-bond donors (Lipinski definition) is 1. The molecule has 0 saturated carbocycles. The Hall–Kier alpha value is -3.11. The Kier molecular flexibility index (Phi) is 6.90. The molecule has 1 aliphatic carbocycles. The Morgan fingerprint density at radius 3 is 2.67 bits per heavy atom. The standard InChI is InChI=1S/C26H30N6O2S2/c1-16(2)31-24(20-14-35-21-13-9-8-12-19(20)21)28-29-26(31)36-15-22(33)27-23-17(3)30(4)32(25(23)34)18-10-6-5-7-11-18/h5-7,10-11,14,16H,8-9,12-13,15H2,1-4H3,(H,27,33). The predicted molar refractivity (Wildman–Crippen MR) is 145 cm³/mol. The minimum Gasteiger partial charge on any atom is -0.319 e. The van der Waals surface area contributed by atoms with E-state index in [0.29, 0.717) is 16.5 Å². The molecule has 3 aromatic heterocycles. The van der Waals surface area contributed by atoms with Gasteiger partial charge in [-0.15, -0.1) is 21.5 Å². The first-order chi connectivity index (χ1) is 17.4. The van der Waals surface area contributed by atoms with E-state index in [1.54, 1.807) is 9.36 Å². The quantitative estimate of drug-likeness (QED) is 0.346. The van der Waals surface area contributed by atoms with Gasteiger partial charge in [0.05, 0.1) is 17.1 Å². The van der Waals surface area contributed by atoms with E-state index in [2.05, 4.69) is 39.3 Å². The SMILES string of the molecule is Cc1c(NC(=O)CSc2nnc(-c3csc4c3CCCC4)n2C(C)C)c(=O)n(-c2ccccc2)n1C. The van der Waals surface area contributed by atoms with Crippen LogP contribution >= 0.6 is 23.1 Å². The third-order valence-electron chi connectivity index (χ3n) is 6.63. The summed E-state index contributed by atoms with van der Waals surface area (Å²) in [6.45, 7) is 6.04. The maximum absolute atomic E-state index is 13.1. The lowest BCUT2D eigenvalue weighted by atomic mass is 9.95.